The molecule has 2 aromatic rings. The zero-order valence-electron chi connectivity index (χ0n) is 11.0. The van der Waals surface area contributed by atoms with Gasteiger partial charge in [-0.1, -0.05) is 13.8 Å². The maximum Gasteiger partial charge on any atom is 0.130 e. The summed E-state index contributed by atoms with van der Waals surface area (Å²) in [6.07, 6.45) is 4.03. The predicted molar refractivity (Wildman–Crippen MR) is 75.7 cm³/mol. The van der Waals surface area contributed by atoms with Gasteiger partial charge >= 0.3 is 0 Å². The summed E-state index contributed by atoms with van der Waals surface area (Å²) in [5.74, 6) is 1.62. The van der Waals surface area contributed by atoms with E-state index in [1.165, 1.54) is 6.42 Å². The highest BCUT2D eigenvalue weighted by molar-refractivity contribution is 5.87. The quantitative estimate of drug-likeness (QED) is 0.645. The molecule has 0 unspecified atom stereocenters. The van der Waals surface area contributed by atoms with Crippen LogP contribution in [-0.4, -0.2) is 11.6 Å². The Bertz CT molecular complexity index is 523. The van der Waals surface area contributed by atoms with Crippen molar-refractivity contribution in [2.75, 3.05) is 12.3 Å². The first-order valence-electron chi connectivity index (χ1n) is 6.44. The highest BCUT2D eigenvalue weighted by Crippen LogP contribution is 2.25. The molecule has 1 heterocycles. The van der Waals surface area contributed by atoms with Crippen molar-refractivity contribution in [1.82, 2.24) is 4.98 Å². The van der Waals surface area contributed by atoms with Crippen LogP contribution in [0, 0.1) is 5.92 Å². The van der Waals surface area contributed by atoms with Crippen molar-refractivity contribution in [1.29, 1.82) is 0 Å². The van der Waals surface area contributed by atoms with Gasteiger partial charge in [0.25, 0.3) is 0 Å². The fourth-order valence-electron chi connectivity index (χ4n) is 1.94. The van der Waals surface area contributed by atoms with Gasteiger partial charge in [-0.15, -0.1) is 0 Å². The first kappa shape index (κ1) is 12.7. The third kappa shape index (κ3) is 3.13. The van der Waals surface area contributed by atoms with Gasteiger partial charge < -0.3 is 10.5 Å². The van der Waals surface area contributed by atoms with E-state index >= 15 is 0 Å². The summed E-state index contributed by atoms with van der Waals surface area (Å²) in [5.41, 5.74) is 7.36. The van der Waals surface area contributed by atoms with E-state index in [1.807, 2.05) is 24.3 Å². The molecule has 0 amide bonds. The van der Waals surface area contributed by atoms with Crippen LogP contribution in [0.1, 0.15) is 26.7 Å². The van der Waals surface area contributed by atoms with Crippen LogP contribution in [0.4, 0.5) is 5.69 Å². The van der Waals surface area contributed by atoms with Crippen LogP contribution in [0.5, 0.6) is 5.75 Å². The molecule has 1 aromatic heterocycles. The second kappa shape index (κ2) is 5.71. The standard InChI is InChI=1S/C15H20N2O/c1-11(2)4-3-9-18-15-7-8-17-14-10-12(16)5-6-13(14)15/h5-8,10-11H,3-4,9,16H2,1-2H3. The molecule has 0 aliphatic heterocycles. The van der Waals surface area contributed by atoms with Gasteiger partial charge in [0.05, 0.1) is 12.1 Å². The lowest BCUT2D eigenvalue weighted by Gasteiger charge is -2.10. The largest absolute Gasteiger partial charge is 0.493 e. The molecule has 0 bridgehead atoms. The zero-order valence-corrected chi connectivity index (χ0v) is 11.0. The minimum absolute atomic E-state index is 0.725. The topological polar surface area (TPSA) is 48.1 Å². The van der Waals surface area contributed by atoms with Crippen molar-refractivity contribution >= 4 is 16.6 Å². The summed E-state index contributed by atoms with van der Waals surface area (Å²) in [6, 6.07) is 7.63. The maximum atomic E-state index is 5.83. The minimum atomic E-state index is 0.725. The Balaban J connectivity index is 2.08. The van der Waals surface area contributed by atoms with Crippen molar-refractivity contribution in [3.05, 3.63) is 30.5 Å². The molecule has 3 nitrogen and oxygen atoms in total. The van der Waals surface area contributed by atoms with Gasteiger partial charge in [0.2, 0.25) is 0 Å². The van der Waals surface area contributed by atoms with E-state index < -0.39 is 0 Å². The van der Waals surface area contributed by atoms with Gasteiger partial charge in [0.1, 0.15) is 5.75 Å². The lowest BCUT2D eigenvalue weighted by atomic mass is 10.1. The van der Waals surface area contributed by atoms with E-state index in [9.17, 15) is 0 Å². The van der Waals surface area contributed by atoms with Crippen LogP contribution in [0.15, 0.2) is 30.5 Å². The van der Waals surface area contributed by atoms with Crippen LogP contribution < -0.4 is 10.5 Å². The fraction of sp³-hybridized carbons (Fsp3) is 0.400. The van der Waals surface area contributed by atoms with Gasteiger partial charge in [0.15, 0.2) is 0 Å². The molecule has 18 heavy (non-hydrogen) atoms. The molecule has 0 saturated carbocycles. The molecule has 0 aliphatic carbocycles. The molecular weight excluding hydrogens is 224 g/mol. The number of rotatable bonds is 5. The molecule has 2 rings (SSSR count). The van der Waals surface area contributed by atoms with Gasteiger partial charge in [0, 0.05) is 17.3 Å². The maximum absolute atomic E-state index is 5.83. The zero-order chi connectivity index (χ0) is 13.0. The Hall–Kier alpha value is -1.77. The first-order valence-corrected chi connectivity index (χ1v) is 6.44. The number of nitrogen functional groups attached to an aromatic ring is 1. The van der Waals surface area contributed by atoms with E-state index in [-0.39, 0.29) is 0 Å². The number of hydrogen-bond donors (Lipinski definition) is 1. The van der Waals surface area contributed by atoms with E-state index in [0.29, 0.717) is 0 Å². The van der Waals surface area contributed by atoms with Crippen molar-refractivity contribution in [3.8, 4) is 5.75 Å². The van der Waals surface area contributed by atoms with Crippen LogP contribution in [0.25, 0.3) is 10.9 Å². The first-order chi connectivity index (χ1) is 8.66. The Labute approximate surface area is 108 Å². The summed E-state index contributed by atoms with van der Waals surface area (Å²) >= 11 is 0. The summed E-state index contributed by atoms with van der Waals surface area (Å²) in [6.45, 7) is 5.21. The normalized spacial score (nSPS) is 11.1. The molecular formula is C15H20N2O. The molecule has 1 aromatic carbocycles. The van der Waals surface area contributed by atoms with E-state index in [2.05, 4.69) is 18.8 Å². The minimum Gasteiger partial charge on any atom is -0.493 e. The summed E-state index contributed by atoms with van der Waals surface area (Å²) in [5, 5.41) is 1.02. The number of nitrogens with zero attached hydrogens (tertiary/aromatic N) is 1. The molecule has 0 spiro atoms. The molecule has 0 radical (unpaired) electrons. The van der Waals surface area contributed by atoms with Crippen LogP contribution in [0.2, 0.25) is 0 Å². The number of benzene rings is 1. The highest BCUT2D eigenvalue weighted by Gasteiger charge is 2.03. The van der Waals surface area contributed by atoms with E-state index in [4.69, 9.17) is 10.5 Å². The van der Waals surface area contributed by atoms with Crippen molar-refractivity contribution in [2.45, 2.75) is 26.7 Å². The van der Waals surface area contributed by atoms with Gasteiger partial charge in [-0.05, 0) is 43.0 Å². The molecule has 96 valence electrons. The van der Waals surface area contributed by atoms with Crippen LogP contribution in [0.3, 0.4) is 0 Å². The number of ether oxygens (including phenoxy) is 1. The van der Waals surface area contributed by atoms with E-state index in [1.54, 1.807) is 6.20 Å². The number of aromatic nitrogens is 1. The van der Waals surface area contributed by atoms with Crippen molar-refractivity contribution in [3.63, 3.8) is 0 Å². The third-order valence-corrected chi connectivity index (χ3v) is 2.91. The Morgan fingerprint density at radius 2 is 2.11 bits per heavy atom. The molecule has 0 aliphatic rings. The predicted octanol–water partition coefficient (Wildman–Crippen LogP) is 3.63. The SMILES string of the molecule is CC(C)CCCOc1ccnc2cc(N)ccc12. The Morgan fingerprint density at radius 1 is 1.28 bits per heavy atom. The number of fused-ring (bicyclic) bond motifs is 1. The average molecular weight is 244 g/mol. The lowest BCUT2D eigenvalue weighted by molar-refractivity contribution is 0.301. The molecule has 2 N–H and O–H groups in total. The third-order valence-electron chi connectivity index (χ3n) is 2.91. The molecule has 3 heteroatoms. The number of hydrogen-bond acceptors (Lipinski definition) is 3. The van der Waals surface area contributed by atoms with Gasteiger partial charge in [-0.3, -0.25) is 4.98 Å². The lowest BCUT2D eigenvalue weighted by Crippen LogP contribution is -2.00. The second-order valence-corrected chi connectivity index (χ2v) is 4.97. The summed E-state index contributed by atoms with van der Waals surface area (Å²) < 4.78 is 5.83. The van der Waals surface area contributed by atoms with Gasteiger partial charge in [-0.2, -0.15) is 0 Å². The monoisotopic (exact) mass is 244 g/mol. The molecule has 0 atom stereocenters. The van der Waals surface area contributed by atoms with Crippen LogP contribution >= 0.6 is 0 Å². The number of anilines is 1. The molecule has 0 saturated heterocycles. The Kier molecular flexibility index (Phi) is 4.03. The fourth-order valence-corrected chi connectivity index (χ4v) is 1.94. The van der Waals surface area contributed by atoms with Crippen molar-refractivity contribution in [2.24, 2.45) is 5.92 Å². The number of nitrogens with two attached hydrogens (primary N) is 1. The Morgan fingerprint density at radius 3 is 2.89 bits per heavy atom. The summed E-state index contributed by atoms with van der Waals surface area (Å²) in [4.78, 5) is 4.30. The molecule has 0 fully saturated rings. The van der Waals surface area contributed by atoms with Gasteiger partial charge in [-0.25, -0.2) is 0 Å². The number of pyridine rings is 1. The van der Waals surface area contributed by atoms with Crippen molar-refractivity contribution < 1.29 is 4.74 Å². The summed E-state index contributed by atoms with van der Waals surface area (Å²) in [7, 11) is 0. The van der Waals surface area contributed by atoms with E-state index in [0.717, 1.165) is 41.3 Å². The highest BCUT2D eigenvalue weighted by atomic mass is 16.5. The average Bonchev–Trinajstić information content (AvgIpc) is 2.34. The van der Waals surface area contributed by atoms with Crippen LogP contribution in [-0.2, 0) is 0 Å². The second-order valence-electron chi connectivity index (χ2n) is 4.97. The smallest absolute Gasteiger partial charge is 0.130 e.